The van der Waals surface area contributed by atoms with Crippen LogP contribution in [0.25, 0.3) is 0 Å². The number of methoxy groups -OCH3 is 2. The molecule has 0 aliphatic carbocycles. The van der Waals surface area contributed by atoms with Crippen molar-refractivity contribution in [2.45, 2.75) is 6.36 Å². The summed E-state index contributed by atoms with van der Waals surface area (Å²) in [5, 5.41) is 0. The molecule has 1 fully saturated rings. The Morgan fingerprint density at radius 1 is 1.46 bits per heavy atom. The first kappa shape index (κ1) is 12.1. The van der Waals surface area contributed by atoms with E-state index in [2.05, 4.69) is 18.9 Å². The fraction of sp³-hybridized carbons (Fsp3) is 0.857. The highest BCUT2D eigenvalue weighted by Gasteiger charge is 2.23. The van der Waals surface area contributed by atoms with Crippen LogP contribution >= 0.6 is 0 Å². The number of alkyl halides is 1. The Morgan fingerprint density at radius 3 is 2.15 bits per heavy atom. The van der Waals surface area contributed by atoms with Gasteiger partial charge in [-0.25, -0.2) is 4.79 Å². The van der Waals surface area contributed by atoms with Crippen molar-refractivity contribution < 1.29 is 28.1 Å². The second-order valence-electron chi connectivity index (χ2n) is 2.07. The van der Waals surface area contributed by atoms with Gasteiger partial charge in [0.15, 0.2) is 6.61 Å². The van der Waals surface area contributed by atoms with Crippen LogP contribution in [-0.2, 0) is 18.9 Å². The van der Waals surface area contributed by atoms with Crippen molar-refractivity contribution >= 4 is 6.16 Å². The van der Waals surface area contributed by atoms with Crippen LogP contribution in [-0.4, -0.2) is 46.6 Å². The van der Waals surface area contributed by atoms with Crippen LogP contribution in [0.1, 0.15) is 0 Å². The standard InChI is InChI=1S/C4H10O2.C3H3FO3/c1-5-3-4-6-2;4-2-1-6-3(5)7-2/h3-4H2,1-2H3;2H,1H2. The number of hydrogen-bond acceptors (Lipinski definition) is 5. The highest BCUT2D eigenvalue weighted by molar-refractivity contribution is 5.61. The number of hydrogen-bond donors (Lipinski definition) is 0. The summed E-state index contributed by atoms with van der Waals surface area (Å²) in [6.45, 7) is 1.12. The van der Waals surface area contributed by atoms with Gasteiger partial charge in [0.05, 0.1) is 13.2 Å². The monoisotopic (exact) mass is 196 g/mol. The Balaban J connectivity index is 0.000000226. The van der Waals surface area contributed by atoms with Crippen LogP contribution in [0.5, 0.6) is 0 Å². The fourth-order valence-corrected chi connectivity index (χ4v) is 0.473. The van der Waals surface area contributed by atoms with Crippen molar-refractivity contribution in [3.05, 3.63) is 0 Å². The average molecular weight is 196 g/mol. The highest BCUT2D eigenvalue weighted by Crippen LogP contribution is 2.05. The van der Waals surface area contributed by atoms with Gasteiger partial charge in [-0.1, -0.05) is 0 Å². The molecule has 0 radical (unpaired) electrons. The molecule has 0 amide bonds. The van der Waals surface area contributed by atoms with Crippen molar-refractivity contribution in [1.29, 1.82) is 0 Å². The van der Waals surface area contributed by atoms with E-state index in [0.717, 1.165) is 0 Å². The Kier molecular flexibility index (Phi) is 7.23. The van der Waals surface area contributed by atoms with Gasteiger partial charge in [-0.3, -0.25) is 0 Å². The van der Waals surface area contributed by atoms with E-state index < -0.39 is 12.5 Å². The average Bonchev–Trinajstić information content (AvgIpc) is 2.47. The molecule has 1 heterocycles. The lowest BCUT2D eigenvalue weighted by Crippen LogP contribution is -1.98. The fourth-order valence-electron chi connectivity index (χ4n) is 0.473. The van der Waals surface area contributed by atoms with Gasteiger partial charge in [0.1, 0.15) is 0 Å². The summed E-state index contributed by atoms with van der Waals surface area (Å²) >= 11 is 0. The zero-order chi connectivity index (χ0) is 10.1. The molecule has 6 heteroatoms. The maximum Gasteiger partial charge on any atom is 0.511 e. The first-order chi connectivity index (χ1) is 6.20. The molecule has 1 rings (SSSR count). The molecule has 1 unspecified atom stereocenters. The second-order valence-corrected chi connectivity index (χ2v) is 2.07. The summed E-state index contributed by atoms with van der Waals surface area (Å²) in [5.74, 6) is 0. The molecule has 0 aromatic heterocycles. The molecule has 13 heavy (non-hydrogen) atoms. The van der Waals surface area contributed by atoms with Crippen molar-refractivity contribution in [1.82, 2.24) is 0 Å². The molecule has 1 aliphatic rings. The van der Waals surface area contributed by atoms with Gasteiger partial charge in [0, 0.05) is 14.2 Å². The number of carbonyl (C=O) groups excluding carboxylic acids is 1. The third-order valence-corrected chi connectivity index (χ3v) is 1.05. The molecule has 1 saturated heterocycles. The summed E-state index contributed by atoms with van der Waals surface area (Å²) in [5.41, 5.74) is 0. The number of cyclic esters (lactones) is 2. The summed E-state index contributed by atoms with van der Waals surface area (Å²) in [6.07, 6.45) is -2.47. The number of halogens is 1. The van der Waals surface area contributed by atoms with Crippen LogP contribution in [0.4, 0.5) is 9.18 Å². The minimum Gasteiger partial charge on any atom is -0.427 e. The molecular weight excluding hydrogens is 183 g/mol. The zero-order valence-electron chi connectivity index (χ0n) is 7.62. The van der Waals surface area contributed by atoms with E-state index in [-0.39, 0.29) is 6.61 Å². The molecule has 0 spiro atoms. The molecule has 78 valence electrons. The molecule has 0 aromatic rings. The zero-order valence-corrected chi connectivity index (χ0v) is 7.62. The van der Waals surface area contributed by atoms with Crippen LogP contribution in [0.3, 0.4) is 0 Å². The van der Waals surface area contributed by atoms with Gasteiger partial charge >= 0.3 is 6.16 Å². The molecule has 0 bridgehead atoms. The van der Waals surface area contributed by atoms with Crippen LogP contribution in [0, 0.1) is 0 Å². The van der Waals surface area contributed by atoms with Crippen molar-refractivity contribution in [3.63, 3.8) is 0 Å². The third kappa shape index (κ3) is 7.48. The van der Waals surface area contributed by atoms with Crippen molar-refractivity contribution in [2.24, 2.45) is 0 Å². The second kappa shape index (κ2) is 7.75. The van der Waals surface area contributed by atoms with E-state index in [0.29, 0.717) is 13.2 Å². The van der Waals surface area contributed by atoms with Gasteiger partial charge in [0.2, 0.25) is 0 Å². The number of carbonyl (C=O) groups is 1. The highest BCUT2D eigenvalue weighted by atomic mass is 19.1. The summed E-state index contributed by atoms with van der Waals surface area (Å²) in [7, 11) is 3.30. The predicted octanol–water partition coefficient (Wildman–Crippen LogP) is 0.728. The normalized spacial score (nSPS) is 19.9. The molecule has 0 saturated carbocycles. The van der Waals surface area contributed by atoms with Crippen molar-refractivity contribution in [2.75, 3.05) is 34.0 Å². The third-order valence-electron chi connectivity index (χ3n) is 1.05. The molecule has 0 N–H and O–H groups in total. The Morgan fingerprint density at radius 2 is 2.00 bits per heavy atom. The van der Waals surface area contributed by atoms with Gasteiger partial charge in [-0.15, -0.1) is 0 Å². The Hall–Kier alpha value is -0.880. The molecular formula is C7H13FO5. The Bertz CT molecular complexity index is 137. The van der Waals surface area contributed by atoms with Crippen LogP contribution in [0.2, 0.25) is 0 Å². The number of ether oxygens (including phenoxy) is 4. The van der Waals surface area contributed by atoms with Crippen LogP contribution in [0.15, 0.2) is 0 Å². The maximum absolute atomic E-state index is 11.6. The van der Waals surface area contributed by atoms with Crippen molar-refractivity contribution in [3.8, 4) is 0 Å². The van der Waals surface area contributed by atoms with Gasteiger partial charge < -0.3 is 18.9 Å². The van der Waals surface area contributed by atoms with E-state index in [4.69, 9.17) is 0 Å². The molecule has 1 atom stereocenters. The van der Waals surface area contributed by atoms with Gasteiger partial charge in [0.25, 0.3) is 6.36 Å². The van der Waals surface area contributed by atoms with E-state index >= 15 is 0 Å². The minimum absolute atomic E-state index is 0.265. The first-order valence-electron chi connectivity index (χ1n) is 3.66. The van der Waals surface area contributed by atoms with E-state index in [1.165, 1.54) is 0 Å². The lowest BCUT2D eigenvalue weighted by atomic mass is 10.8. The topological polar surface area (TPSA) is 54.0 Å². The minimum atomic E-state index is -1.55. The quantitative estimate of drug-likeness (QED) is 0.492. The largest absolute Gasteiger partial charge is 0.511 e. The van der Waals surface area contributed by atoms with E-state index in [1.54, 1.807) is 14.2 Å². The molecule has 5 nitrogen and oxygen atoms in total. The van der Waals surface area contributed by atoms with Crippen LogP contribution < -0.4 is 0 Å². The lowest BCUT2D eigenvalue weighted by molar-refractivity contribution is 0.0573. The smallest absolute Gasteiger partial charge is 0.427 e. The van der Waals surface area contributed by atoms with Gasteiger partial charge in [-0.05, 0) is 0 Å². The Labute approximate surface area is 75.7 Å². The molecule has 1 aliphatic heterocycles. The SMILES string of the molecule is COCCOC.O=C1OCC(F)O1. The lowest BCUT2D eigenvalue weighted by Gasteiger charge is -1.91. The maximum atomic E-state index is 11.6. The summed E-state index contributed by atoms with van der Waals surface area (Å²) in [4.78, 5) is 9.77. The summed E-state index contributed by atoms with van der Waals surface area (Å²) < 4.78 is 28.8. The molecule has 0 aromatic carbocycles. The van der Waals surface area contributed by atoms with Gasteiger partial charge in [-0.2, -0.15) is 4.39 Å². The predicted molar refractivity (Wildman–Crippen MR) is 41.1 cm³/mol. The van der Waals surface area contributed by atoms with E-state index in [9.17, 15) is 9.18 Å². The summed E-state index contributed by atoms with van der Waals surface area (Å²) in [6, 6.07) is 0. The first-order valence-corrected chi connectivity index (χ1v) is 3.66. The van der Waals surface area contributed by atoms with E-state index in [1.807, 2.05) is 0 Å². The number of rotatable bonds is 3.